The number of thiocarbonyl (C=S) groups is 1. The molecule has 3 aliphatic heterocycles. The van der Waals surface area contributed by atoms with E-state index in [-0.39, 0.29) is 34.8 Å². The number of carbonyl (C=O) groups excluding carboxylic acids is 5. The lowest BCUT2D eigenvalue weighted by Gasteiger charge is -2.29. The van der Waals surface area contributed by atoms with E-state index in [9.17, 15) is 42.4 Å². The van der Waals surface area contributed by atoms with Gasteiger partial charge in [-0.05, 0) is 117 Å². The molecule has 12 nitrogen and oxygen atoms in total. The third kappa shape index (κ3) is 7.73. The van der Waals surface area contributed by atoms with E-state index < -0.39 is 58.4 Å². The van der Waals surface area contributed by atoms with Crippen LogP contribution in [0.5, 0.6) is 5.75 Å². The summed E-state index contributed by atoms with van der Waals surface area (Å²) in [7, 11) is 0. The summed E-state index contributed by atoms with van der Waals surface area (Å²) in [4.78, 5) is 67.5. The van der Waals surface area contributed by atoms with Gasteiger partial charge in [0.2, 0.25) is 11.8 Å². The predicted octanol–water partition coefficient (Wildman–Crippen LogP) is 7.22. The molecule has 4 aromatic carbocycles. The van der Waals surface area contributed by atoms with Crippen molar-refractivity contribution < 1.29 is 41.9 Å². The van der Waals surface area contributed by atoms with Crippen LogP contribution in [-0.2, 0) is 20.6 Å². The van der Waals surface area contributed by atoms with E-state index in [1.165, 1.54) is 6.07 Å². The SMILES string of the molecule is CC1(C)C(=O)N(c2ccc(C#N)c(C(F)(F)F)c2)C(=S)N1c1ccc(-c2ccc(OCCCCCNc3cccc4c3C(=O)N(C3CCC(=O)NC3=O)C4=O)cc2)cc1. The topological polar surface area (TPSA) is 152 Å². The fourth-order valence-electron chi connectivity index (χ4n) is 7.49. The van der Waals surface area contributed by atoms with Gasteiger partial charge in [0.15, 0.2) is 5.11 Å². The van der Waals surface area contributed by atoms with Crippen molar-refractivity contribution in [1.29, 1.82) is 5.26 Å². The molecule has 2 fully saturated rings. The number of unbranched alkanes of at least 4 members (excludes halogenated alkanes) is 2. The maximum Gasteiger partial charge on any atom is 0.417 e. The summed E-state index contributed by atoms with van der Waals surface area (Å²) in [6.07, 6.45) is -2.30. The van der Waals surface area contributed by atoms with E-state index in [4.69, 9.17) is 17.0 Å². The molecular formula is C43H37F3N6O6S. The number of piperidine rings is 1. The molecule has 0 saturated carbocycles. The first-order valence-corrected chi connectivity index (χ1v) is 19.2. The number of ether oxygens (including phenoxy) is 1. The summed E-state index contributed by atoms with van der Waals surface area (Å²) in [5, 5.41) is 14.7. The van der Waals surface area contributed by atoms with Crippen LogP contribution in [0.2, 0.25) is 0 Å². The second-order valence-corrected chi connectivity index (χ2v) is 15.1. The van der Waals surface area contributed by atoms with Gasteiger partial charge in [0.05, 0.1) is 40.6 Å². The summed E-state index contributed by atoms with van der Waals surface area (Å²) in [5.41, 5.74) is 0.320. The molecule has 1 unspecified atom stereocenters. The number of halogens is 3. The van der Waals surface area contributed by atoms with Crippen LogP contribution in [0.1, 0.15) is 77.8 Å². The minimum absolute atomic E-state index is 0.0111. The molecule has 2 saturated heterocycles. The van der Waals surface area contributed by atoms with Crippen molar-refractivity contribution in [2.24, 2.45) is 0 Å². The standard InChI is InChI=1S/C43H37F3N6O6S/c1-42(2)40(57)50(29-16-11-27(24-47)32(23-29)43(44,45)46)41(59)52(42)28-14-9-25(10-15-28)26-12-17-30(18-13-26)58-22-5-3-4-21-48-33-8-6-7-31-36(33)39(56)51(38(31)55)34-19-20-35(53)49-37(34)54/h6-18,23,34,48H,3-5,19-22H2,1-2H3,(H,49,53,54). The smallest absolute Gasteiger partial charge is 0.417 e. The van der Waals surface area contributed by atoms with Gasteiger partial charge in [0.1, 0.15) is 17.3 Å². The number of nitrogens with one attached hydrogen (secondary N) is 2. The quantitative estimate of drug-likeness (QED) is 0.0851. The van der Waals surface area contributed by atoms with Gasteiger partial charge in [-0.3, -0.25) is 39.1 Å². The third-order valence-corrected chi connectivity index (χ3v) is 10.9. The Balaban J connectivity index is 0.897. The highest BCUT2D eigenvalue weighted by atomic mass is 32.1. The van der Waals surface area contributed by atoms with Crippen LogP contribution in [0.25, 0.3) is 11.1 Å². The Kier molecular flexibility index (Phi) is 11.0. The molecule has 0 radical (unpaired) electrons. The van der Waals surface area contributed by atoms with E-state index in [2.05, 4.69) is 10.6 Å². The van der Waals surface area contributed by atoms with Crippen molar-refractivity contribution in [3.05, 3.63) is 107 Å². The Hall–Kier alpha value is -6.60. The van der Waals surface area contributed by atoms with E-state index >= 15 is 0 Å². The lowest BCUT2D eigenvalue weighted by molar-refractivity contribution is -0.138. The van der Waals surface area contributed by atoms with Crippen molar-refractivity contribution in [1.82, 2.24) is 10.2 Å². The molecule has 4 aromatic rings. The molecule has 7 rings (SSSR count). The van der Waals surface area contributed by atoms with Crippen molar-refractivity contribution in [2.45, 2.75) is 63.7 Å². The van der Waals surface area contributed by atoms with Crippen LogP contribution in [0, 0.1) is 11.3 Å². The van der Waals surface area contributed by atoms with Gasteiger partial charge >= 0.3 is 6.18 Å². The van der Waals surface area contributed by atoms with E-state index in [1.807, 2.05) is 36.4 Å². The molecule has 2 N–H and O–H groups in total. The molecule has 302 valence electrons. The van der Waals surface area contributed by atoms with Gasteiger partial charge < -0.3 is 15.0 Å². The molecule has 3 aliphatic rings. The summed E-state index contributed by atoms with van der Waals surface area (Å²) >= 11 is 5.65. The number of anilines is 3. The van der Waals surface area contributed by atoms with Gasteiger partial charge in [0.25, 0.3) is 17.7 Å². The summed E-state index contributed by atoms with van der Waals surface area (Å²) in [6.45, 7) is 4.30. The summed E-state index contributed by atoms with van der Waals surface area (Å²) in [5.74, 6) is -2.02. The number of carbonyl (C=O) groups is 5. The third-order valence-electron chi connectivity index (χ3n) is 10.5. The molecule has 1 atom stereocenters. The zero-order chi connectivity index (χ0) is 42.2. The summed E-state index contributed by atoms with van der Waals surface area (Å²) < 4.78 is 47.1. The van der Waals surface area contributed by atoms with E-state index in [0.29, 0.717) is 30.3 Å². The predicted molar refractivity (Wildman–Crippen MR) is 216 cm³/mol. The maximum atomic E-state index is 13.7. The molecule has 0 spiro atoms. The van der Waals surface area contributed by atoms with E-state index in [0.717, 1.165) is 52.3 Å². The molecular weight excluding hydrogens is 786 g/mol. The largest absolute Gasteiger partial charge is 0.494 e. The number of amides is 5. The Labute approximate surface area is 342 Å². The highest BCUT2D eigenvalue weighted by Crippen LogP contribution is 2.40. The lowest BCUT2D eigenvalue weighted by Crippen LogP contribution is -2.54. The van der Waals surface area contributed by atoms with Crippen LogP contribution in [0.4, 0.5) is 30.2 Å². The first kappa shape index (κ1) is 40.6. The van der Waals surface area contributed by atoms with Crippen LogP contribution in [0.15, 0.2) is 84.9 Å². The number of imide groups is 2. The van der Waals surface area contributed by atoms with E-state index in [1.54, 1.807) is 55.1 Å². The molecule has 0 aromatic heterocycles. The van der Waals surface area contributed by atoms with Crippen LogP contribution in [-0.4, -0.2) is 64.3 Å². The Bertz CT molecular complexity index is 2430. The zero-order valence-electron chi connectivity index (χ0n) is 31.9. The van der Waals surface area contributed by atoms with Gasteiger partial charge in [0, 0.05) is 24.3 Å². The first-order chi connectivity index (χ1) is 28.1. The number of fused-ring (bicyclic) bond motifs is 1. The van der Waals surface area contributed by atoms with Crippen molar-refractivity contribution in [3.8, 4) is 22.9 Å². The average Bonchev–Trinajstić information content (AvgIpc) is 3.56. The Morgan fingerprint density at radius 3 is 2.24 bits per heavy atom. The summed E-state index contributed by atoms with van der Waals surface area (Å²) in [6, 6.07) is 23.4. The van der Waals surface area contributed by atoms with Gasteiger partial charge in [-0.1, -0.05) is 30.3 Å². The number of benzene rings is 4. The minimum atomic E-state index is -4.80. The highest BCUT2D eigenvalue weighted by Gasteiger charge is 2.51. The molecule has 3 heterocycles. The molecule has 0 bridgehead atoms. The van der Waals surface area contributed by atoms with Gasteiger partial charge in [-0.25, -0.2) is 0 Å². The minimum Gasteiger partial charge on any atom is -0.494 e. The second-order valence-electron chi connectivity index (χ2n) is 14.7. The monoisotopic (exact) mass is 822 g/mol. The van der Waals surface area contributed by atoms with Gasteiger partial charge in [-0.2, -0.15) is 18.4 Å². The number of nitriles is 1. The van der Waals surface area contributed by atoms with Crippen LogP contribution >= 0.6 is 12.2 Å². The second kappa shape index (κ2) is 16.0. The zero-order valence-corrected chi connectivity index (χ0v) is 32.7. The lowest BCUT2D eigenvalue weighted by atomic mass is 10.0. The van der Waals surface area contributed by atoms with Crippen molar-refractivity contribution in [2.75, 3.05) is 28.3 Å². The van der Waals surface area contributed by atoms with Gasteiger partial charge in [-0.15, -0.1) is 0 Å². The van der Waals surface area contributed by atoms with Crippen LogP contribution < -0.4 is 25.2 Å². The Morgan fingerprint density at radius 1 is 0.898 bits per heavy atom. The fourth-order valence-corrected chi connectivity index (χ4v) is 8.01. The number of hydrogen-bond donors (Lipinski definition) is 2. The first-order valence-electron chi connectivity index (χ1n) is 18.8. The number of nitrogens with zero attached hydrogens (tertiary/aromatic N) is 4. The highest BCUT2D eigenvalue weighted by molar-refractivity contribution is 7.81. The maximum absolute atomic E-state index is 13.7. The number of hydrogen-bond acceptors (Lipinski definition) is 9. The molecule has 0 aliphatic carbocycles. The number of alkyl halides is 3. The fraction of sp³-hybridized carbons (Fsp3) is 0.279. The average molecular weight is 823 g/mol. The van der Waals surface area contributed by atoms with Crippen molar-refractivity contribution >= 4 is 63.9 Å². The molecule has 16 heteroatoms. The number of rotatable bonds is 12. The normalized spacial score (nSPS) is 17.6. The Morgan fingerprint density at radius 2 is 1.58 bits per heavy atom. The van der Waals surface area contributed by atoms with Crippen LogP contribution in [0.3, 0.4) is 0 Å². The molecule has 5 amide bonds. The molecule has 59 heavy (non-hydrogen) atoms. The van der Waals surface area contributed by atoms with Crippen molar-refractivity contribution in [3.63, 3.8) is 0 Å².